The summed E-state index contributed by atoms with van der Waals surface area (Å²) >= 11 is 11.8. The number of aromatic amines is 1. The van der Waals surface area contributed by atoms with E-state index in [4.69, 9.17) is 23.2 Å². The molecule has 110 valence electrons. The van der Waals surface area contributed by atoms with Crippen molar-refractivity contribution in [2.45, 2.75) is 31.6 Å². The van der Waals surface area contributed by atoms with Crippen molar-refractivity contribution in [2.24, 2.45) is 0 Å². The zero-order chi connectivity index (χ0) is 15.0. The van der Waals surface area contributed by atoms with Crippen LogP contribution in [0.1, 0.15) is 37.2 Å². The number of aromatic nitrogens is 2. The van der Waals surface area contributed by atoms with Crippen LogP contribution in [-0.4, -0.2) is 15.1 Å². The van der Waals surface area contributed by atoms with Gasteiger partial charge in [-0.15, -0.1) is 0 Å². The topological polar surface area (TPSA) is 66.0 Å². The second-order valence-electron chi connectivity index (χ2n) is 5.26. The molecule has 4 nitrogen and oxygen atoms in total. The predicted molar refractivity (Wildman–Crippen MR) is 83.2 cm³/mol. The van der Waals surface area contributed by atoms with E-state index in [1.165, 1.54) is 0 Å². The minimum atomic E-state index is -0.282. The molecule has 1 aliphatic rings. The molecule has 21 heavy (non-hydrogen) atoms. The third-order valence-corrected chi connectivity index (χ3v) is 4.63. The van der Waals surface area contributed by atoms with Crippen molar-refractivity contribution in [3.8, 4) is 17.3 Å². The van der Waals surface area contributed by atoms with Crippen molar-refractivity contribution in [3.63, 3.8) is 0 Å². The van der Waals surface area contributed by atoms with Crippen LogP contribution in [-0.2, 0) is 0 Å². The first-order valence-corrected chi connectivity index (χ1v) is 7.60. The van der Waals surface area contributed by atoms with Gasteiger partial charge in [-0.25, -0.2) is 0 Å². The average Bonchev–Trinajstić information content (AvgIpc) is 2.95. The molecule has 0 atom stereocenters. The van der Waals surface area contributed by atoms with Crippen LogP contribution in [0.4, 0.5) is 0 Å². The largest absolute Gasteiger partial charge is 0.493 e. The number of benzene rings is 1. The third kappa shape index (κ3) is 2.78. The Hall–Kier alpha value is -1.52. The molecule has 0 spiro atoms. The van der Waals surface area contributed by atoms with E-state index in [0.717, 1.165) is 25.7 Å². The van der Waals surface area contributed by atoms with Gasteiger partial charge in [0.05, 0.1) is 15.6 Å². The Morgan fingerprint density at radius 2 is 1.90 bits per heavy atom. The predicted octanol–water partition coefficient (Wildman–Crippen LogP) is 4.11. The van der Waals surface area contributed by atoms with Gasteiger partial charge in [-0.1, -0.05) is 36.0 Å². The Morgan fingerprint density at radius 3 is 2.52 bits per heavy atom. The van der Waals surface area contributed by atoms with Crippen molar-refractivity contribution in [2.75, 3.05) is 0 Å². The first-order chi connectivity index (χ1) is 10.1. The van der Waals surface area contributed by atoms with Gasteiger partial charge in [0.15, 0.2) is 0 Å². The van der Waals surface area contributed by atoms with Crippen LogP contribution in [0.2, 0.25) is 10.0 Å². The van der Waals surface area contributed by atoms with Crippen molar-refractivity contribution in [1.29, 1.82) is 0 Å². The van der Waals surface area contributed by atoms with Gasteiger partial charge in [0, 0.05) is 5.56 Å². The van der Waals surface area contributed by atoms with Crippen LogP contribution in [0.15, 0.2) is 23.0 Å². The number of halogens is 2. The average molecular weight is 325 g/mol. The molecule has 1 fully saturated rings. The second-order valence-corrected chi connectivity index (χ2v) is 6.08. The maximum absolute atomic E-state index is 12.3. The van der Waals surface area contributed by atoms with E-state index in [-0.39, 0.29) is 23.2 Å². The van der Waals surface area contributed by atoms with E-state index in [1.807, 2.05) is 0 Å². The van der Waals surface area contributed by atoms with Crippen LogP contribution in [0.3, 0.4) is 0 Å². The van der Waals surface area contributed by atoms with Gasteiger partial charge in [-0.2, -0.15) is 4.98 Å². The molecule has 0 radical (unpaired) electrons. The molecule has 2 N–H and O–H groups in total. The number of nitrogens with zero attached hydrogens (tertiary/aromatic N) is 1. The summed E-state index contributed by atoms with van der Waals surface area (Å²) in [5.74, 6) is 0.202. The highest BCUT2D eigenvalue weighted by molar-refractivity contribution is 6.42. The Balaban J connectivity index is 2.05. The molecule has 0 amide bonds. The van der Waals surface area contributed by atoms with Crippen molar-refractivity contribution in [3.05, 3.63) is 44.2 Å². The molecule has 0 bridgehead atoms. The summed E-state index contributed by atoms with van der Waals surface area (Å²) < 4.78 is 0. The summed E-state index contributed by atoms with van der Waals surface area (Å²) in [6.45, 7) is 0. The van der Waals surface area contributed by atoms with Crippen molar-refractivity contribution >= 4 is 23.2 Å². The molecule has 0 unspecified atom stereocenters. The van der Waals surface area contributed by atoms with Gasteiger partial charge in [0.1, 0.15) is 5.82 Å². The lowest BCUT2D eigenvalue weighted by Crippen LogP contribution is -2.17. The van der Waals surface area contributed by atoms with Gasteiger partial charge in [-0.05, 0) is 37.0 Å². The summed E-state index contributed by atoms with van der Waals surface area (Å²) in [5.41, 5.74) is 0.724. The molecule has 1 saturated carbocycles. The Bertz CT molecular complexity index is 737. The van der Waals surface area contributed by atoms with Crippen LogP contribution < -0.4 is 5.56 Å². The number of aromatic hydroxyl groups is 1. The Morgan fingerprint density at radius 1 is 1.19 bits per heavy atom. The molecule has 6 heteroatoms. The molecule has 1 aromatic heterocycles. The van der Waals surface area contributed by atoms with Gasteiger partial charge in [-0.3, -0.25) is 4.79 Å². The van der Waals surface area contributed by atoms with Crippen LogP contribution in [0, 0.1) is 0 Å². The fourth-order valence-electron chi connectivity index (χ4n) is 2.83. The normalized spacial score (nSPS) is 15.5. The zero-order valence-electron chi connectivity index (χ0n) is 11.2. The molecule has 0 saturated heterocycles. The van der Waals surface area contributed by atoms with Gasteiger partial charge < -0.3 is 10.1 Å². The van der Waals surface area contributed by atoms with Crippen LogP contribution in [0.25, 0.3) is 11.4 Å². The number of H-pyrrole nitrogens is 1. The Labute approximate surface area is 131 Å². The first kappa shape index (κ1) is 14.4. The van der Waals surface area contributed by atoms with E-state index < -0.39 is 0 Å². The summed E-state index contributed by atoms with van der Waals surface area (Å²) in [7, 11) is 0. The maximum Gasteiger partial charge on any atom is 0.258 e. The van der Waals surface area contributed by atoms with Gasteiger partial charge in [0.2, 0.25) is 5.88 Å². The summed E-state index contributed by atoms with van der Waals surface area (Å²) in [6.07, 6.45) is 4.01. The minimum absolute atomic E-state index is 0.101. The van der Waals surface area contributed by atoms with E-state index in [2.05, 4.69) is 9.97 Å². The first-order valence-electron chi connectivity index (χ1n) is 6.85. The van der Waals surface area contributed by atoms with Gasteiger partial charge >= 0.3 is 0 Å². The van der Waals surface area contributed by atoms with Gasteiger partial charge in [0.25, 0.3) is 5.56 Å². The highest BCUT2D eigenvalue weighted by atomic mass is 35.5. The van der Waals surface area contributed by atoms with E-state index in [1.54, 1.807) is 18.2 Å². The number of hydrogen-bond donors (Lipinski definition) is 2. The van der Waals surface area contributed by atoms with Crippen LogP contribution in [0.5, 0.6) is 5.88 Å². The highest BCUT2D eigenvalue weighted by Crippen LogP contribution is 2.36. The molecular weight excluding hydrogens is 311 g/mol. The monoisotopic (exact) mass is 324 g/mol. The quantitative estimate of drug-likeness (QED) is 0.873. The molecule has 3 rings (SSSR count). The number of hydrogen-bond acceptors (Lipinski definition) is 3. The summed E-state index contributed by atoms with van der Waals surface area (Å²) in [6, 6.07) is 4.93. The minimum Gasteiger partial charge on any atom is -0.493 e. The second kappa shape index (κ2) is 5.70. The fourth-order valence-corrected chi connectivity index (χ4v) is 3.13. The van der Waals surface area contributed by atoms with Crippen molar-refractivity contribution in [1.82, 2.24) is 9.97 Å². The lowest BCUT2D eigenvalue weighted by molar-refractivity contribution is 0.436. The molecule has 1 aliphatic carbocycles. The van der Waals surface area contributed by atoms with E-state index in [9.17, 15) is 9.90 Å². The number of nitrogens with one attached hydrogen (secondary N) is 1. The summed E-state index contributed by atoms with van der Waals surface area (Å²) in [5, 5.41) is 10.9. The summed E-state index contributed by atoms with van der Waals surface area (Å²) in [4.78, 5) is 19.1. The highest BCUT2D eigenvalue weighted by Gasteiger charge is 2.24. The molecule has 1 aromatic carbocycles. The Kier molecular flexibility index (Phi) is 3.91. The molecule has 1 heterocycles. The SMILES string of the molecule is O=c1[nH]c(-c2ccc(Cl)c(Cl)c2)nc(O)c1C1CCCC1. The number of rotatable bonds is 2. The van der Waals surface area contributed by atoms with Crippen molar-refractivity contribution < 1.29 is 5.11 Å². The zero-order valence-corrected chi connectivity index (χ0v) is 12.7. The van der Waals surface area contributed by atoms with E-state index >= 15 is 0 Å². The maximum atomic E-state index is 12.3. The third-order valence-electron chi connectivity index (χ3n) is 3.89. The lowest BCUT2D eigenvalue weighted by atomic mass is 10.00. The standard InChI is InChI=1S/C15H14Cl2N2O2/c16-10-6-5-9(7-11(10)17)13-18-14(20)12(15(21)19-13)8-3-1-2-4-8/h5-8H,1-4H2,(H2,18,19,20,21). The molecule has 0 aliphatic heterocycles. The van der Waals surface area contributed by atoms with E-state index in [0.29, 0.717) is 21.2 Å². The lowest BCUT2D eigenvalue weighted by Gasteiger charge is -2.11. The smallest absolute Gasteiger partial charge is 0.258 e. The molecule has 2 aromatic rings. The molecular formula is C15H14Cl2N2O2. The fraction of sp³-hybridized carbons (Fsp3) is 0.333. The van der Waals surface area contributed by atoms with Crippen LogP contribution >= 0.6 is 23.2 Å².